The van der Waals surface area contributed by atoms with Crippen LogP contribution in [0.3, 0.4) is 0 Å². The lowest BCUT2D eigenvalue weighted by Crippen LogP contribution is -2.51. The number of amides is 1. The molecule has 6 heteroatoms. The van der Waals surface area contributed by atoms with E-state index in [9.17, 15) is 4.79 Å². The lowest BCUT2D eigenvalue weighted by atomic mass is 9.79. The predicted octanol–water partition coefficient (Wildman–Crippen LogP) is 4.52. The number of hydrogen-bond donors (Lipinski definition) is 1. The lowest BCUT2D eigenvalue weighted by Gasteiger charge is -2.46. The van der Waals surface area contributed by atoms with Crippen LogP contribution in [0.25, 0.3) is 5.57 Å². The molecule has 2 aromatic rings. The van der Waals surface area contributed by atoms with Crippen LogP contribution < -0.4 is 10.2 Å². The number of carbonyl (C=O) groups excluding carboxylic acids is 1. The third-order valence-electron chi connectivity index (χ3n) is 6.84. The molecule has 0 saturated heterocycles. The maximum absolute atomic E-state index is 12.8. The first-order chi connectivity index (χ1) is 15.0. The Morgan fingerprint density at radius 2 is 2.10 bits per heavy atom. The molecule has 5 rings (SSSR count). The molecule has 0 radical (unpaired) electrons. The van der Waals surface area contributed by atoms with Crippen LogP contribution in [0, 0.1) is 18.8 Å². The van der Waals surface area contributed by atoms with Gasteiger partial charge >= 0.3 is 0 Å². The van der Waals surface area contributed by atoms with Crippen molar-refractivity contribution in [2.45, 2.75) is 52.1 Å². The Kier molecular flexibility index (Phi) is 5.26. The summed E-state index contributed by atoms with van der Waals surface area (Å²) >= 11 is 0. The minimum absolute atomic E-state index is 0.0402. The van der Waals surface area contributed by atoms with Gasteiger partial charge in [0.15, 0.2) is 0 Å². The summed E-state index contributed by atoms with van der Waals surface area (Å²) in [5, 5.41) is 3.63. The van der Waals surface area contributed by atoms with E-state index >= 15 is 0 Å². The minimum Gasteiger partial charge on any atom is -0.377 e. The molecule has 0 spiro atoms. The number of aryl methyl sites for hydroxylation is 1. The van der Waals surface area contributed by atoms with E-state index in [1.54, 1.807) is 13.1 Å². The van der Waals surface area contributed by atoms with Crippen LogP contribution in [0.2, 0.25) is 0 Å². The van der Waals surface area contributed by atoms with Gasteiger partial charge in [-0.25, -0.2) is 9.97 Å². The summed E-state index contributed by atoms with van der Waals surface area (Å²) in [5.74, 6) is 1.57. The second-order valence-electron chi connectivity index (χ2n) is 9.05. The molecule has 3 aliphatic rings. The molecule has 6 nitrogen and oxygen atoms in total. The molecule has 1 aromatic carbocycles. The Morgan fingerprint density at radius 3 is 2.77 bits per heavy atom. The highest BCUT2D eigenvalue weighted by Gasteiger charge is 2.47. The van der Waals surface area contributed by atoms with Gasteiger partial charge in [0.2, 0.25) is 11.9 Å². The molecule has 2 unspecified atom stereocenters. The Labute approximate surface area is 183 Å². The number of benzene rings is 1. The summed E-state index contributed by atoms with van der Waals surface area (Å²) in [6, 6.07) is 8.69. The van der Waals surface area contributed by atoms with Gasteiger partial charge in [0, 0.05) is 36.5 Å². The Bertz CT molecular complexity index is 1030. The molecule has 2 aliphatic heterocycles. The first kappa shape index (κ1) is 20.2. The van der Waals surface area contributed by atoms with E-state index in [4.69, 9.17) is 4.74 Å². The van der Waals surface area contributed by atoms with Crippen LogP contribution in [0.4, 0.5) is 11.6 Å². The monoisotopic (exact) mass is 418 g/mol. The van der Waals surface area contributed by atoms with Gasteiger partial charge in [-0.15, -0.1) is 0 Å². The van der Waals surface area contributed by atoms with E-state index in [0.29, 0.717) is 18.5 Å². The van der Waals surface area contributed by atoms with Crippen molar-refractivity contribution in [2.75, 3.05) is 23.4 Å². The van der Waals surface area contributed by atoms with Crippen molar-refractivity contribution in [3.05, 3.63) is 53.4 Å². The first-order valence-corrected chi connectivity index (χ1v) is 11.3. The average molecular weight is 419 g/mol. The van der Waals surface area contributed by atoms with Crippen LogP contribution >= 0.6 is 0 Å². The standard InChI is InChI=1S/C25H30N4O2/c1-15-8-11-26-25(27-15)28-23-16(2)24(19-4-5-19)29(17(3)30)22-7-6-20(14-21(22)23)18-9-12-31-13-10-18/h6-9,11,14,16,19,23-24H,4-5,10,12-13H2,1-3H3,(H,26,27,28)/t16-,23?,24?/m1/s1. The molecule has 1 fully saturated rings. The van der Waals surface area contributed by atoms with Crippen molar-refractivity contribution in [1.82, 2.24) is 9.97 Å². The van der Waals surface area contributed by atoms with Crippen molar-refractivity contribution in [3.8, 4) is 0 Å². The van der Waals surface area contributed by atoms with Gasteiger partial charge in [-0.1, -0.05) is 19.1 Å². The molecule has 1 N–H and O–H groups in total. The van der Waals surface area contributed by atoms with Crippen LogP contribution in [-0.2, 0) is 9.53 Å². The van der Waals surface area contributed by atoms with Gasteiger partial charge in [0.05, 0.1) is 19.3 Å². The van der Waals surface area contributed by atoms with E-state index in [0.717, 1.165) is 30.0 Å². The summed E-state index contributed by atoms with van der Waals surface area (Å²) in [5.41, 5.74) is 5.62. The van der Waals surface area contributed by atoms with Crippen molar-refractivity contribution in [3.63, 3.8) is 0 Å². The van der Waals surface area contributed by atoms with E-state index < -0.39 is 0 Å². The fourth-order valence-electron chi connectivity index (χ4n) is 5.21. The Balaban J connectivity index is 1.61. The average Bonchev–Trinajstić information content (AvgIpc) is 3.60. The summed E-state index contributed by atoms with van der Waals surface area (Å²) in [6.45, 7) is 7.34. The zero-order valence-electron chi connectivity index (χ0n) is 18.5. The third kappa shape index (κ3) is 3.85. The number of carbonyl (C=O) groups is 1. The Morgan fingerprint density at radius 1 is 1.26 bits per heavy atom. The van der Waals surface area contributed by atoms with Crippen LogP contribution in [0.15, 0.2) is 36.5 Å². The van der Waals surface area contributed by atoms with Gasteiger partial charge < -0.3 is 15.0 Å². The number of rotatable bonds is 4. The van der Waals surface area contributed by atoms with Gasteiger partial charge in [0.1, 0.15) is 0 Å². The van der Waals surface area contributed by atoms with Crippen molar-refractivity contribution in [2.24, 2.45) is 11.8 Å². The minimum atomic E-state index is 0.0402. The molecule has 31 heavy (non-hydrogen) atoms. The van der Waals surface area contributed by atoms with Gasteiger partial charge in [-0.2, -0.15) is 0 Å². The molecular formula is C25H30N4O2. The number of fused-ring (bicyclic) bond motifs is 1. The van der Waals surface area contributed by atoms with Crippen LogP contribution in [0.1, 0.15) is 56.0 Å². The third-order valence-corrected chi connectivity index (χ3v) is 6.84. The smallest absolute Gasteiger partial charge is 0.224 e. The normalized spacial score (nSPS) is 25.6. The van der Waals surface area contributed by atoms with E-state index in [1.807, 2.05) is 13.0 Å². The molecule has 3 heterocycles. The van der Waals surface area contributed by atoms with Gasteiger partial charge in [-0.3, -0.25) is 4.79 Å². The maximum atomic E-state index is 12.8. The number of nitrogens with one attached hydrogen (secondary N) is 1. The fourth-order valence-corrected chi connectivity index (χ4v) is 5.21. The predicted molar refractivity (Wildman–Crippen MR) is 122 cm³/mol. The topological polar surface area (TPSA) is 67.3 Å². The van der Waals surface area contributed by atoms with E-state index in [2.05, 4.69) is 51.4 Å². The quantitative estimate of drug-likeness (QED) is 0.791. The van der Waals surface area contributed by atoms with Crippen molar-refractivity contribution >= 4 is 23.1 Å². The van der Waals surface area contributed by atoms with Crippen molar-refractivity contribution < 1.29 is 9.53 Å². The fraction of sp³-hybridized carbons (Fsp3) is 0.480. The molecular weight excluding hydrogens is 388 g/mol. The molecule has 0 bridgehead atoms. The number of nitrogens with zero attached hydrogens (tertiary/aromatic N) is 3. The molecule has 3 atom stereocenters. The molecule has 1 aliphatic carbocycles. The zero-order valence-corrected chi connectivity index (χ0v) is 18.5. The van der Waals surface area contributed by atoms with Crippen LogP contribution in [-0.4, -0.2) is 35.1 Å². The number of hydrogen-bond acceptors (Lipinski definition) is 5. The molecule has 1 saturated carbocycles. The molecule has 1 amide bonds. The lowest BCUT2D eigenvalue weighted by molar-refractivity contribution is -0.117. The Hall–Kier alpha value is -2.73. The van der Waals surface area contributed by atoms with E-state index in [-0.39, 0.29) is 23.9 Å². The first-order valence-electron chi connectivity index (χ1n) is 11.3. The van der Waals surface area contributed by atoms with Gasteiger partial charge in [-0.05, 0) is 67.0 Å². The van der Waals surface area contributed by atoms with Crippen LogP contribution in [0.5, 0.6) is 0 Å². The van der Waals surface area contributed by atoms with Gasteiger partial charge in [0.25, 0.3) is 0 Å². The van der Waals surface area contributed by atoms with Crippen molar-refractivity contribution in [1.29, 1.82) is 0 Å². The second-order valence-corrected chi connectivity index (χ2v) is 9.05. The molecule has 1 aromatic heterocycles. The summed E-state index contributed by atoms with van der Waals surface area (Å²) < 4.78 is 5.50. The summed E-state index contributed by atoms with van der Waals surface area (Å²) in [7, 11) is 0. The van der Waals surface area contributed by atoms with E-state index in [1.165, 1.54) is 24.0 Å². The second kappa shape index (κ2) is 8.08. The molecule has 162 valence electrons. The highest BCUT2D eigenvalue weighted by molar-refractivity contribution is 5.94. The highest BCUT2D eigenvalue weighted by Crippen LogP contribution is 2.50. The highest BCUT2D eigenvalue weighted by atomic mass is 16.5. The summed E-state index contributed by atoms with van der Waals surface area (Å²) in [4.78, 5) is 23.9. The number of aromatic nitrogens is 2. The SMILES string of the molecule is CC(=O)N1c2ccc(C3=CCOCC3)cc2C(Nc2nccc(C)n2)[C@@H](C)C1C1CC1. The summed E-state index contributed by atoms with van der Waals surface area (Å²) in [6.07, 6.45) is 7.25. The maximum Gasteiger partial charge on any atom is 0.224 e. The number of anilines is 2. The zero-order chi connectivity index (χ0) is 21.5. The number of ether oxygens (including phenoxy) is 1. The largest absolute Gasteiger partial charge is 0.377 e.